The second-order valence-electron chi connectivity index (χ2n) is 7.10. The molecule has 2 aliphatic heterocycles. The van der Waals surface area contributed by atoms with Gasteiger partial charge in [0.25, 0.3) is 5.91 Å². The van der Waals surface area contributed by atoms with Crippen molar-refractivity contribution < 1.29 is 22.7 Å². The predicted octanol–water partition coefficient (Wildman–Crippen LogP) is 0.458. The van der Waals surface area contributed by atoms with E-state index in [1.807, 2.05) is 0 Å². The molecule has 1 atom stereocenters. The number of aromatic amines is 1. The number of hydrogen-bond acceptors (Lipinski definition) is 6. The van der Waals surface area contributed by atoms with Crippen molar-refractivity contribution in [3.8, 4) is 0 Å². The number of pyridine rings is 1. The number of sulfonamides is 1. The molecular formula is C19H23N3O6S. The van der Waals surface area contributed by atoms with Crippen molar-refractivity contribution in [3.05, 3.63) is 40.2 Å². The Balaban J connectivity index is 1.62. The van der Waals surface area contributed by atoms with E-state index in [2.05, 4.69) is 10.3 Å². The number of fused-ring (bicyclic) bond motifs is 1. The first kappa shape index (κ1) is 20.0. The monoisotopic (exact) mass is 421 g/mol. The number of nitrogens with zero attached hydrogens (tertiary/aromatic N) is 1. The summed E-state index contributed by atoms with van der Waals surface area (Å²) >= 11 is 0. The van der Waals surface area contributed by atoms with Crippen LogP contribution >= 0.6 is 0 Å². The largest absolute Gasteiger partial charge is 0.379 e. The van der Waals surface area contributed by atoms with Gasteiger partial charge in [0.15, 0.2) is 0 Å². The van der Waals surface area contributed by atoms with Gasteiger partial charge >= 0.3 is 0 Å². The van der Waals surface area contributed by atoms with Crippen molar-refractivity contribution in [3.63, 3.8) is 0 Å². The molecule has 3 heterocycles. The summed E-state index contributed by atoms with van der Waals surface area (Å²) in [6, 6.07) is 4.33. The number of carbonyl (C=O) groups is 1. The molecule has 2 aliphatic rings. The molecule has 0 bridgehead atoms. The first-order valence-electron chi connectivity index (χ1n) is 9.60. The van der Waals surface area contributed by atoms with Crippen LogP contribution in [0.5, 0.6) is 0 Å². The molecule has 10 heteroatoms. The first-order valence-corrected chi connectivity index (χ1v) is 11.0. The molecule has 4 rings (SSSR count). The lowest BCUT2D eigenvalue weighted by molar-refractivity contribution is 0.0730. The van der Waals surface area contributed by atoms with Crippen molar-refractivity contribution in [1.82, 2.24) is 14.6 Å². The third kappa shape index (κ3) is 4.06. The topological polar surface area (TPSA) is 118 Å². The molecule has 9 nitrogen and oxygen atoms in total. The number of ether oxygens (including phenoxy) is 2. The lowest BCUT2D eigenvalue weighted by Crippen LogP contribution is -2.40. The zero-order valence-electron chi connectivity index (χ0n) is 15.8. The first-order chi connectivity index (χ1) is 14.0. The molecule has 0 aliphatic carbocycles. The molecule has 2 N–H and O–H groups in total. The van der Waals surface area contributed by atoms with E-state index in [1.165, 1.54) is 28.7 Å². The lowest BCUT2D eigenvalue weighted by atomic mass is 10.1. The fraction of sp³-hybridized carbons (Fsp3) is 0.474. The Morgan fingerprint density at radius 3 is 2.76 bits per heavy atom. The van der Waals surface area contributed by atoms with Gasteiger partial charge in [-0.3, -0.25) is 9.59 Å². The second-order valence-corrected chi connectivity index (χ2v) is 9.04. The summed E-state index contributed by atoms with van der Waals surface area (Å²) < 4.78 is 37.8. The van der Waals surface area contributed by atoms with E-state index < -0.39 is 21.4 Å². The summed E-state index contributed by atoms with van der Waals surface area (Å²) in [5.41, 5.74) is -0.106. The summed E-state index contributed by atoms with van der Waals surface area (Å²) in [6.07, 6.45) is 3.14. The fourth-order valence-electron chi connectivity index (χ4n) is 3.57. The standard InChI is InChI=1S/C19H23N3O6S/c23-18-15-10-14(29(25,26)22-5-8-27-9-6-22)3-4-17(15)20-12-16(18)19(24)21-11-13-2-1-7-28-13/h3-4,10,12-13H,1-2,5-9,11H2,(H,20,23)(H,21,24). The van der Waals surface area contributed by atoms with Gasteiger partial charge in [-0.25, -0.2) is 8.42 Å². The van der Waals surface area contributed by atoms with Crippen molar-refractivity contribution >= 4 is 26.8 Å². The van der Waals surface area contributed by atoms with E-state index in [9.17, 15) is 18.0 Å². The summed E-state index contributed by atoms with van der Waals surface area (Å²) in [5.74, 6) is -0.509. The molecule has 2 fully saturated rings. The van der Waals surface area contributed by atoms with E-state index in [1.54, 1.807) is 0 Å². The zero-order valence-corrected chi connectivity index (χ0v) is 16.7. The van der Waals surface area contributed by atoms with E-state index in [0.717, 1.165) is 12.8 Å². The Bertz CT molecular complexity index is 1070. The van der Waals surface area contributed by atoms with Crippen LogP contribution in [0.4, 0.5) is 0 Å². The summed E-state index contributed by atoms with van der Waals surface area (Å²) in [4.78, 5) is 28.3. The third-order valence-electron chi connectivity index (χ3n) is 5.22. The molecule has 2 saturated heterocycles. The van der Waals surface area contributed by atoms with Crippen LogP contribution in [0.2, 0.25) is 0 Å². The van der Waals surface area contributed by atoms with E-state index in [4.69, 9.17) is 9.47 Å². The number of hydrogen-bond donors (Lipinski definition) is 2. The fourth-order valence-corrected chi connectivity index (χ4v) is 5.00. The molecule has 1 aromatic carbocycles. The molecule has 29 heavy (non-hydrogen) atoms. The smallest absolute Gasteiger partial charge is 0.256 e. The average molecular weight is 421 g/mol. The van der Waals surface area contributed by atoms with E-state index in [-0.39, 0.29) is 35.0 Å². The molecule has 156 valence electrons. The van der Waals surface area contributed by atoms with Gasteiger partial charge in [-0.1, -0.05) is 0 Å². The number of amides is 1. The van der Waals surface area contributed by atoms with E-state index >= 15 is 0 Å². The van der Waals surface area contributed by atoms with Gasteiger partial charge in [0.05, 0.1) is 24.2 Å². The minimum atomic E-state index is -3.74. The molecule has 0 saturated carbocycles. The predicted molar refractivity (Wildman–Crippen MR) is 105 cm³/mol. The highest BCUT2D eigenvalue weighted by Gasteiger charge is 2.27. The number of benzene rings is 1. The van der Waals surface area contributed by atoms with Gasteiger partial charge in [-0.15, -0.1) is 0 Å². The number of rotatable bonds is 5. The lowest BCUT2D eigenvalue weighted by Gasteiger charge is -2.26. The summed E-state index contributed by atoms with van der Waals surface area (Å²) in [5, 5.41) is 2.88. The van der Waals surface area contributed by atoms with Crippen molar-refractivity contribution in [2.75, 3.05) is 39.5 Å². The van der Waals surface area contributed by atoms with Crippen LogP contribution in [0.25, 0.3) is 10.9 Å². The maximum atomic E-state index is 12.9. The molecule has 1 amide bonds. The minimum absolute atomic E-state index is 0.0225. The third-order valence-corrected chi connectivity index (χ3v) is 7.11. The van der Waals surface area contributed by atoms with Gasteiger partial charge < -0.3 is 19.8 Å². The number of nitrogens with one attached hydrogen (secondary N) is 2. The molecule has 2 aromatic rings. The highest BCUT2D eigenvalue weighted by Crippen LogP contribution is 2.20. The molecule has 1 unspecified atom stereocenters. The van der Waals surface area contributed by atoms with Crippen LogP contribution in [0.1, 0.15) is 23.2 Å². The minimum Gasteiger partial charge on any atom is -0.379 e. The molecule has 1 aromatic heterocycles. The highest BCUT2D eigenvalue weighted by atomic mass is 32.2. The van der Waals surface area contributed by atoms with Gasteiger partial charge in [-0.2, -0.15) is 4.31 Å². The van der Waals surface area contributed by atoms with Crippen molar-refractivity contribution in [2.45, 2.75) is 23.8 Å². The Morgan fingerprint density at radius 1 is 1.24 bits per heavy atom. The van der Waals surface area contributed by atoms with E-state index in [0.29, 0.717) is 31.9 Å². The second kappa shape index (κ2) is 8.23. The summed E-state index contributed by atoms with van der Waals surface area (Å²) in [7, 11) is -3.74. The van der Waals surface area contributed by atoms with Crippen molar-refractivity contribution in [1.29, 1.82) is 0 Å². The van der Waals surface area contributed by atoms with Crippen LogP contribution in [0.15, 0.2) is 34.1 Å². The summed E-state index contributed by atoms with van der Waals surface area (Å²) in [6.45, 7) is 2.22. The zero-order chi connectivity index (χ0) is 20.4. The maximum absolute atomic E-state index is 12.9. The average Bonchev–Trinajstić information content (AvgIpc) is 3.26. The Labute approximate surface area is 168 Å². The molecule has 0 radical (unpaired) electrons. The van der Waals surface area contributed by atoms with Crippen LogP contribution in [-0.4, -0.2) is 69.2 Å². The van der Waals surface area contributed by atoms with Crippen molar-refractivity contribution in [2.24, 2.45) is 0 Å². The normalized spacial score (nSPS) is 20.8. The Morgan fingerprint density at radius 2 is 2.03 bits per heavy atom. The number of morpholine rings is 1. The molecular weight excluding hydrogens is 398 g/mol. The molecule has 0 spiro atoms. The Kier molecular flexibility index (Phi) is 5.68. The maximum Gasteiger partial charge on any atom is 0.256 e. The quantitative estimate of drug-likeness (QED) is 0.724. The van der Waals surface area contributed by atoms with Crippen LogP contribution in [0.3, 0.4) is 0 Å². The Hall–Kier alpha value is -2.27. The van der Waals surface area contributed by atoms with Gasteiger partial charge in [0.2, 0.25) is 15.5 Å². The van der Waals surface area contributed by atoms with Gasteiger partial charge in [-0.05, 0) is 31.0 Å². The van der Waals surface area contributed by atoms with Crippen LogP contribution in [-0.2, 0) is 19.5 Å². The number of H-pyrrole nitrogens is 1. The highest BCUT2D eigenvalue weighted by molar-refractivity contribution is 7.89. The van der Waals surface area contributed by atoms with Crippen LogP contribution in [0, 0.1) is 0 Å². The SMILES string of the molecule is O=C(NCC1CCCO1)c1c[nH]c2ccc(S(=O)(=O)N3CCOCC3)cc2c1=O. The van der Waals surface area contributed by atoms with Crippen LogP contribution < -0.4 is 10.7 Å². The number of aromatic nitrogens is 1. The van der Waals surface area contributed by atoms with Gasteiger partial charge in [0, 0.05) is 43.3 Å². The number of carbonyl (C=O) groups excluding carboxylic acids is 1. The van der Waals surface area contributed by atoms with Gasteiger partial charge in [0.1, 0.15) is 5.56 Å².